The summed E-state index contributed by atoms with van der Waals surface area (Å²) in [5.74, 6) is 0.666. The van der Waals surface area contributed by atoms with E-state index in [2.05, 4.69) is 22.5 Å². The molecule has 6 heteroatoms. The Balaban J connectivity index is 1.79. The van der Waals surface area contributed by atoms with Crippen molar-refractivity contribution in [1.29, 1.82) is 0 Å². The number of carbonyl (C=O) groups is 2. The van der Waals surface area contributed by atoms with Gasteiger partial charge in [0.25, 0.3) is 5.91 Å². The minimum Gasteiger partial charge on any atom is -0.323 e. The number of nitrogens with zero attached hydrogens (tertiary/aromatic N) is 1. The van der Waals surface area contributed by atoms with Crippen LogP contribution in [0.1, 0.15) is 40.4 Å². The van der Waals surface area contributed by atoms with Crippen molar-refractivity contribution in [2.75, 3.05) is 10.6 Å². The van der Waals surface area contributed by atoms with Crippen LogP contribution in [0.2, 0.25) is 0 Å². The van der Waals surface area contributed by atoms with Crippen molar-refractivity contribution < 1.29 is 9.59 Å². The summed E-state index contributed by atoms with van der Waals surface area (Å²) in [6.07, 6.45) is 4.86. The van der Waals surface area contributed by atoms with E-state index in [0.29, 0.717) is 22.3 Å². The van der Waals surface area contributed by atoms with E-state index in [0.717, 1.165) is 12.8 Å². The van der Waals surface area contributed by atoms with Gasteiger partial charge in [-0.3, -0.25) is 9.59 Å². The van der Waals surface area contributed by atoms with E-state index in [4.69, 9.17) is 0 Å². The molecule has 1 unspecified atom stereocenters. The van der Waals surface area contributed by atoms with Crippen molar-refractivity contribution in [3.8, 4) is 0 Å². The third kappa shape index (κ3) is 3.59. The minimum atomic E-state index is -0.200. The van der Waals surface area contributed by atoms with E-state index >= 15 is 0 Å². The monoisotopic (exact) mass is 329 g/mol. The molecular formula is C17H19N3O2S. The molecule has 120 valence electrons. The molecule has 2 amide bonds. The topological polar surface area (TPSA) is 71.1 Å². The molecule has 0 radical (unpaired) electrons. The van der Waals surface area contributed by atoms with Crippen molar-refractivity contribution in [3.63, 3.8) is 0 Å². The number of hydrogen-bond donors (Lipinski definition) is 2. The zero-order valence-corrected chi connectivity index (χ0v) is 14.0. The third-order valence-electron chi connectivity index (χ3n) is 3.90. The maximum Gasteiger partial charge on any atom is 0.266 e. The number of hydrogen-bond acceptors (Lipinski definition) is 4. The molecule has 0 aromatic carbocycles. The lowest BCUT2D eigenvalue weighted by atomic mass is 9.90. The van der Waals surface area contributed by atoms with Crippen molar-refractivity contribution in [1.82, 2.24) is 4.98 Å². The molecule has 1 aliphatic carbocycles. The quantitative estimate of drug-likeness (QED) is 0.905. The van der Waals surface area contributed by atoms with Crippen LogP contribution < -0.4 is 10.6 Å². The smallest absolute Gasteiger partial charge is 0.266 e. The van der Waals surface area contributed by atoms with Crippen LogP contribution in [-0.2, 0) is 17.6 Å². The van der Waals surface area contributed by atoms with Crippen LogP contribution in [0.15, 0.2) is 24.4 Å². The summed E-state index contributed by atoms with van der Waals surface area (Å²) in [5, 5.41) is 5.47. The van der Waals surface area contributed by atoms with Crippen molar-refractivity contribution in [2.24, 2.45) is 5.92 Å². The Labute approximate surface area is 139 Å². The SMILES string of the molecule is CC(=O)Nc1cccnc1NC(=O)c1cc2c(s1)CCC(C)C2. The van der Waals surface area contributed by atoms with Crippen LogP contribution in [0.4, 0.5) is 11.5 Å². The lowest BCUT2D eigenvalue weighted by molar-refractivity contribution is -0.114. The molecule has 2 aromatic rings. The molecule has 0 saturated heterocycles. The molecule has 0 saturated carbocycles. The third-order valence-corrected chi connectivity index (χ3v) is 5.14. The summed E-state index contributed by atoms with van der Waals surface area (Å²) in [6.45, 7) is 3.67. The van der Waals surface area contributed by atoms with Gasteiger partial charge in [-0.25, -0.2) is 4.98 Å². The lowest BCUT2D eigenvalue weighted by Gasteiger charge is -2.16. The Morgan fingerprint density at radius 2 is 2.17 bits per heavy atom. The molecule has 3 rings (SSSR count). The Morgan fingerprint density at radius 1 is 1.35 bits per heavy atom. The fourth-order valence-electron chi connectivity index (χ4n) is 2.78. The molecule has 0 aliphatic heterocycles. The molecule has 1 atom stereocenters. The molecule has 2 aromatic heterocycles. The number of fused-ring (bicyclic) bond motifs is 1. The fraction of sp³-hybridized carbons (Fsp3) is 0.353. The van der Waals surface area contributed by atoms with Gasteiger partial charge in [0.2, 0.25) is 5.91 Å². The Bertz CT molecular complexity index is 754. The van der Waals surface area contributed by atoms with Gasteiger partial charge < -0.3 is 10.6 Å². The average Bonchev–Trinajstić information content (AvgIpc) is 2.92. The summed E-state index contributed by atoms with van der Waals surface area (Å²) in [7, 11) is 0. The second-order valence-corrected chi connectivity index (χ2v) is 7.08. The Kier molecular flexibility index (Phi) is 4.43. The van der Waals surface area contributed by atoms with E-state index in [1.54, 1.807) is 29.7 Å². The van der Waals surface area contributed by atoms with E-state index in [1.807, 2.05) is 6.07 Å². The van der Waals surface area contributed by atoms with Crippen LogP contribution in [-0.4, -0.2) is 16.8 Å². The molecule has 0 fully saturated rings. The average molecular weight is 329 g/mol. The van der Waals surface area contributed by atoms with Crippen molar-refractivity contribution >= 4 is 34.7 Å². The summed E-state index contributed by atoms with van der Waals surface area (Å²) >= 11 is 1.56. The highest BCUT2D eigenvalue weighted by molar-refractivity contribution is 7.14. The zero-order valence-electron chi connectivity index (χ0n) is 13.2. The number of aromatic nitrogens is 1. The maximum atomic E-state index is 12.5. The Hall–Kier alpha value is -2.21. The van der Waals surface area contributed by atoms with E-state index < -0.39 is 0 Å². The van der Waals surface area contributed by atoms with Gasteiger partial charge in [-0.15, -0.1) is 11.3 Å². The van der Waals surface area contributed by atoms with E-state index in [-0.39, 0.29) is 11.8 Å². The first-order chi connectivity index (χ1) is 11.0. The first-order valence-electron chi connectivity index (χ1n) is 7.68. The van der Waals surface area contributed by atoms with Gasteiger partial charge >= 0.3 is 0 Å². The van der Waals surface area contributed by atoms with Gasteiger partial charge in [0, 0.05) is 18.0 Å². The van der Waals surface area contributed by atoms with Gasteiger partial charge in [-0.2, -0.15) is 0 Å². The number of thiophene rings is 1. The second-order valence-electron chi connectivity index (χ2n) is 5.94. The molecule has 2 N–H and O–H groups in total. The summed E-state index contributed by atoms with van der Waals surface area (Å²) < 4.78 is 0. The minimum absolute atomic E-state index is 0.178. The predicted molar refractivity (Wildman–Crippen MR) is 92.0 cm³/mol. The van der Waals surface area contributed by atoms with Crippen LogP contribution in [0, 0.1) is 5.92 Å². The standard InChI is InChI=1S/C17H19N3O2S/c1-10-5-6-14-12(8-10)9-15(23-14)17(22)20-16-13(19-11(2)21)4-3-7-18-16/h3-4,7,9-10H,5-6,8H2,1-2H3,(H,19,21)(H,18,20,22). The van der Waals surface area contributed by atoms with E-state index in [1.165, 1.54) is 23.8 Å². The number of pyridine rings is 1. The number of anilines is 2. The number of aryl methyl sites for hydroxylation is 1. The molecule has 0 bridgehead atoms. The summed E-state index contributed by atoms with van der Waals surface area (Å²) in [5.41, 5.74) is 1.80. The first kappa shape index (κ1) is 15.7. The number of amides is 2. The molecule has 1 aliphatic rings. The Morgan fingerprint density at radius 3 is 2.96 bits per heavy atom. The molecular weight excluding hydrogens is 310 g/mol. The first-order valence-corrected chi connectivity index (χ1v) is 8.50. The van der Waals surface area contributed by atoms with Gasteiger partial charge in [0.15, 0.2) is 5.82 Å². The highest BCUT2D eigenvalue weighted by atomic mass is 32.1. The highest BCUT2D eigenvalue weighted by Crippen LogP contribution is 2.32. The number of rotatable bonds is 3. The molecule has 2 heterocycles. The fourth-order valence-corrected chi connectivity index (χ4v) is 3.89. The van der Waals surface area contributed by atoms with Crippen LogP contribution in [0.5, 0.6) is 0 Å². The van der Waals surface area contributed by atoms with Crippen LogP contribution in [0.25, 0.3) is 0 Å². The largest absolute Gasteiger partial charge is 0.323 e. The van der Waals surface area contributed by atoms with Gasteiger partial charge in [-0.05, 0) is 48.9 Å². The maximum absolute atomic E-state index is 12.5. The number of nitrogens with one attached hydrogen (secondary N) is 2. The number of carbonyl (C=O) groups excluding carboxylic acids is 2. The second kappa shape index (κ2) is 6.50. The zero-order chi connectivity index (χ0) is 16.4. The highest BCUT2D eigenvalue weighted by Gasteiger charge is 2.21. The van der Waals surface area contributed by atoms with Crippen LogP contribution >= 0.6 is 11.3 Å². The van der Waals surface area contributed by atoms with Crippen molar-refractivity contribution in [3.05, 3.63) is 39.7 Å². The van der Waals surface area contributed by atoms with Gasteiger partial charge in [0.05, 0.1) is 10.6 Å². The summed E-state index contributed by atoms with van der Waals surface area (Å²) in [4.78, 5) is 29.9. The summed E-state index contributed by atoms with van der Waals surface area (Å²) in [6, 6.07) is 5.42. The predicted octanol–water partition coefficient (Wildman–Crippen LogP) is 3.48. The molecule has 5 nitrogen and oxygen atoms in total. The molecule has 0 spiro atoms. The lowest BCUT2D eigenvalue weighted by Crippen LogP contribution is -2.15. The van der Waals surface area contributed by atoms with Crippen molar-refractivity contribution in [2.45, 2.75) is 33.1 Å². The normalized spacial score (nSPS) is 16.5. The van der Waals surface area contributed by atoms with Gasteiger partial charge in [-0.1, -0.05) is 6.92 Å². The molecule has 23 heavy (non-hydrogen) atoms. The van der Waals surface area contributed by atoms with Crippen LogP contribution in [0.3, 0.4) is 0 Å². The van der Waals surface area contributed by atoms with Gasteiger partial charge in [0.1, 0.15) is 0 Å². The van der Waals surface area contributed by atoms with E-state index in [9.17, 15) is 9.59 Å².